The van der Waals surface area contributed by atoms with Gasteiger partial charge in [0.2, 0.25) is 11.1 Å². The van der Waals surface area contributed by atoms with Gasteiger partial charge in [0.15, 0.2) is 0 Å². The molecule has 0 heterocycles. The van der Waals surface area contributed by atoms with Gasteiger partial charge in [0, 0.05) is 6.92 Å². The highest BCUT2D eigenvalue weighted by Gasteiger charge is 2.11. The lowest BCUT2D eigenvalue weighted by Crippen LogP contribution is -2.21. The minimum Gasteiger partial charge on any atom is -0.460 e. The minimum atomic E-state index is -1.56. The fourth-order valence-corrected chi connectivity index (χ4v) is 2.04. The molecule has 22 heavy (non-hydrogen) atoms. The lowest BCUT2D eigenvalue weighted by Gasteiger charge is -2.17. The zero-order chi connectivity index (χ0) is 17.3. The van der Waals surface area contributed by atoms with Crippen LogP contribution in [0.4, 0.5) is 0 Å². The number of hydrogen-bond acceptors (Lipinski definition) is 5. The summed E-state index contributed by atoms with van der Waals surface area (Å²) >= 11 is -1.56. The van der Waals surface area contributed by atoms with E-state index in [-0.39, 0.29) is 23.1 Å². The second-order valence-corrected chi connectivity index (χ2v) is 6.82. The summed E-state index contributed by atoms with van der Waals surface area (Å²) in [4.78, 5) is 20.9. The first-order valence-electron chi connectivity index (χ1n) is 6.82. The van der Waals surface area contributed by atoms with Crippen LogP contribution >= 0.6 is 0 Å². The molecule has 0 saturated heterocycles. The molecule has 0 spiro atoms. The van der Waals surface area contributed by atoms with Crippen LogP contribution in [-0.2, 0) is 25.4 Å². The van der Waals surface area contributed by atoms with Gasteiger partial charge in [-0.1, -0.05) is 17.7 Å². The van der Waals surface area contributed by atoms with Gasteiger partial charge in [-0.3, -0.25) is 9.59 Å². The van der Waals surface area contributed by atoms with Crippen LogP contribution in [0.5, 0.6) is 5.75 Å². The molecular weight excluding hydrogens is 304 g/mol. The predicted octanol–water partition coefficient (Wildman–Crippen LogP) is 2.97. The highest BCUT2D eigenvalue weighted by atomic mass is 32.2. The van der Waals surface area contributed by atoms with Crippen molar-refractivity contribution < 1.29 is 22.7 Å². The smallest absolute Gasteiger partial charge is 0.303 e. The number of carbonyl (C=O) groups excluding carboxylic acids is 2. The number of hydrogen-bond donors (Lipinski definition) is 0. The fraction of sp³-hybridized carbons (Fsp3) is 0.500. The molecular formula is C16H24O5S. The average molecular weight is 328 g/mol. The number of carbonyl (C=O) groups is 2. The first-order chi connectivity index (χ1) is 9.99. The summed E-state index contributed by atoms with van der Waals surface area (Å²) in [7, 11) is 0. The summed E-state index contributed by atoms with van der Waals surface area (Å²) in [5.41, 5.74) is 0.779. The number of aryl methyl sites for hydroxylation is 1. The lowest BCUT2D eigenvalue weighted by molar-refractivity contribution is -0.151. The molecule has 1 aromatic rings. The molecule has 0 amide bonds. The van der Waals surface area contributed by atoms with E-state index in [1.165, 1.54) is 13.8 Å². The van der Waals surface area contributed by atoms with Crippen LogP contribution < -0.4 is 4.18 Å². The first kappa shape index (κ1) is 20.3. The zero-order valence-electron chi connectivity index (χ0n) is 14.0. The topological polar surface area (TPSA) is 69.7 Å². The molecule has 0 radical (unpaired) electrons. The van der Waals surface area contributed by atoms with Gasteiger partial charge >= 0.3 is 5.97 Å². The molecule has 0 bridgehead atoms. The van der Waals surface area contributed by atoms with E-state index >= 15 is 0 Å². The van der Waals surface area contributed by atoms with E-state index in [0.29, 0.717) is 5.75 Å². The van der Waals surface area contributed by atoms with E-state index in [9.17, 15) is 13.8 Å². The summed E-state index contributed by atoms with van der Waals surface area (Å²) in [5.74, 6) is 0.0940. The van der Waals surface area contributed by atoms with Gasteiger partial charge in [0.1, 0.15) is 22.9 Å². The quantitative estimate of drug-likeness (QED) is 0.795. The predicted molar refractivity (Wildman–Crippen MR) is 87.0 cm³/mol. The summed E-state index contributed by atoms with van der Waals surface area (Å²) in [6.07, 6.45) is 0. The standard InChI is InChI=1S/C10H12O3S.C6H12O2/c1-8-3-5-10(6-4-8)13-14(12)7-9(2)11;1-5(7)8-6(2,3)4/h3-6H,7H2,1-2H3;1-4H3. The van der Waals surface area contributed by atoms with Crippen LogP contribution in [0, 0.1) is 6.92 Å². The second kappa shape index (κ2) is 9.35. The Morgan fingerprint density at radius 1 is 1.09 bits per heavy atom. The molecule has 124 valence electrons. The monoisotopic (exact) mass is 328 g/mol. The van der Waals surface area contributed by atoms with E-state index in [0.717, 1.165) is 5.56 Å². The minimum absolute atomic E-state index is 0.0616. The number of ketones is 1. The van der Waals surface area contributed by atoms with Gasteiger partial charge in [0.05, 0.1) is 0 Å². The number of benzene rings is 1. The van der Waals surface area contributed by atoms with E-state index in [1.54, 1.807) is 12.1 Å². The number of Topliss-reactive ketones (excluding diaryl/α,β-unsaturated/α-hetero) is 1. The van der Waals surface area contributed by atoms with Crippen LogP contribution in [0.25, 0.3) is 0 Å². The van der Waals surface area contributed by atoms with Crippen LogP contribution in [0.15, 0.2) is 24.3 Å². The molecule has 0 aliphatic rings. The number of ether oxygens (including phenoxy) is 1. The van der Waals surface area contributed by atoms with Crippen molar-refractivity contribution in [3.63, 3.8) is 0 Å². The molecule has 5 nitrogen and oxygen atoms in total. The number of rotatable bonds is 4. The van der Waals surface area contributed by atoms with Gasteiger partial charge in [-0.2, -0.15) is 0 Å². The van der Waals surface area contributed by atoms with Crippen molar-refractivity contribution >= 4 is 22.8 Å². The SMILES string of the molecule is CC(=O)CS(=O)Oc1ccc(C)cc1.CC(=O)OC(C)(C)C. The zero-order valence-corrected chi connectivity index (χ0v) is 14.8. The van der Waals surface area contributed by atoms with Crippen LogP contribution in [-0.4, -0.2) is 27.3 Å². The molecule has 1 rings (SSSR count). The van der Waals surface area contributed by atoms with Gasteiger partial charge in [-0.15, -0.1) is 0 Å². The van der Waals surface area contributed by atoms with Gasteiger partial charge in [-0.05, 0) is 46.8 Å². The Morgan fingerprint density at radius 3 is 1.91 bits per heavy atom. The average Bonchev–Trinajstić information content (AvgIpc) is 2.28. The summed E-state index contributed by atoms with van der Waals surface area (Å²) in [6, 6.07) is 7.18. The third kappa shape index (κ3) is 12.1. The lowest BCUT2D eigenvalue weighted by atomic mass is 10.2. The van der Waals surface area contributed by atoms with E-state index in [1.807, 2.05) is 39.8 Å². The Labute approximate surface area is 134 Å². The van der Waals surface area contributed by atoms with Crippen molar-refractivity contribution in [1.82, 2.24) is 0 Å². The van der Waals surface area contributed by atoms with Gasteiger partial charge < -0.3 is 8.92 Å². The Bertz CT molecular complexity index is 514. The summed E-state index contributed by atoms with van der Waals surface area (Å²) < 4.78 is 21.0. The third-order valence-corrected chi connectivity index (χ3v) is 3.00. The normalized spacial score (nSPS) is 11.7. The Kier molecular flexibility index (Phi) is 8.63. The molecule has 0 aromatic heterocycles. The molecule has 0 N–H and O–H groups in total. The Morgan fingerprint density at radius 2 is 1.59 bits per heavy atom. The molecule has 1 atom stereocenters. The van der Waals surface area contributed by atoms with Crippen molar-refractivity contribution in [3.8, 4) is 5.75 Å². The maximum absolute atomic E-state index is 11.2. The van der Waals surface area contributed by atoms with Crippen LogP contribution in [0.1, 0.15) is 40.2 Å². The van der Waals surface area contributed by atoms with Crippen molar-refractivity contribution in [1.29, 1.82) is 0 Å². The van der Waals surface area contributed by atoms with E-state index < -0.39 is 11.1 Å². The van der Waals surface area contributed by atoms with Crippen LogP contribution in [0.2, 0.25) is 0 Å². The summed E-state index contributed by atoms with van der Waals surface area (Å²) in [6.45, 7) is 10.3. The third-order valence-electron chi connectivity index (χ3n) is 1.98. The van der Waals surface area contributed by atoms with Crippen LogP contribution in [0.3, 0.4) is 0 Å². The maximum atomic E-state index is 11.2. The van der Waals surface area contributed by atoms with Gasteiger partial charge in [0.25, 0.3) is 0 Å². The molecule has 6 heteroatoms. The molecule has 0 fully saturated rings. The van der Waals surface area contributed by atoms with Gasteiger partial charge in [-0.25, -0.2) is 4.21 Å². The van der Waals surface area contributed by atoms with Crippen molar-refractivity contribution in [2.45, 2.75) is 47.1 Å². The largest absolute Gasteiger partial charge is 0.460 e. The second-order valence-electron chi connectivity index (χ2n) is 5.75. The number of esters is 1. The molecule has 0 saturated carbocycles. The molecule has 1 unspecified atom stereocenters. The Balaban J connectivity index is 0.000000472. The first-order valence-corrected chi connectivity index (χ1v) is 8.06. The molecule has 1 aromatic carbocycles. The molecule has 0 aliphatic heterocycles. The maximum Gasteiger partial charge on any atom is 0.303 e. The van der Waals surface area contributed by atoms with Crippen molar-refractivity contribution in [2.75, 3.05) is 5.75 Å². The highest BCUT2D eigenvalue weighted by Crippen LogP contribution is 2.12. The summed E-state index contributed by atoms with van der Waals surface area (Å²) in [5, 5.41) is 0. The van der Waals surface area contributed by atoms with E-state index in [4.69, 9.17) is 8.92 Å². The van der Waals surface area contributed by atoms with Crippen molar-refractivity contribution in [2.24, 2.45) is 0 Å². The van der Waals surface area contributed by atoms with Crippen molar-refractivity contribution in [3.05, 3.63) is 29.8 Å². The van der Waals surface area contributed by atoms with E-state index in [2.05, 4.69) is 0 Å². The molecule has 0 aliphatic carbocycles. The fourth-order valence-electron chi connectivity index (χ4n) is 1.33. The Hall–Kier alpha value is -1.69. The highest BCUT2D eigenvalue weighted by molar-refractivity contribution is 7.81.